The highest BCUT2D eigenvalue weighted by atomic mass is 16.1. The van der Waals surface area contributed by atoms with Gasteiger partial charge < -0.3 is 9.88 Å². The minimum atomic E-state index is -0.0445. The second kappa shape index (κ2) is 4.01. The van der Waals surface area contributed by atoms with Crippen molar-refractivity contribution in [1.29, 1.82) is 0 Å². The summed E-state index contributed by atoms with van der Waals surface area (Å²) in [5.74, 6) is 0.706. The molecule has 4 heteroatoms. The van der Waals surface area contributed by atoms with Gasteiger partial charge in [-0.25, -0.2) is 4.98 Å². The molecule has 0 aromatic carbocycles. The highest BCUT2D eigenvalue weighted by molar-refractivity contribution is 5.17. The normalized spacial score (nSPS) is 26.9. The molecule has 1 N–H and O–H groups in total. The van der Waals surface area contributed by atoms with E-state index in [1.165, 1.54) is 6.42 Å². The molecule has 0 saturated carbocycles. The molecule has 4 nitrogen and oxygen atoms in total. The molecule has 0 aliphatic carbocycles. The third-order valence-electron chi connectivity index (χ3n) is 3.37. The van der Waals surface area contributed by atoms with Crippen LogP contribution < -0.4 is 5.56 Å². The van der Waals surface area contributed by atoms with E-state index in [0.29, 0.717) is 5.82 Å². The van der Waals surface area contributed by atoms with Crippen molar-refractivity contribution in [2.24, 2.45) is 0 Å². The van der Waals surface area contributed by atoms with Gasteiger partial charge in [-0.15, -0.1) is 0 Å². The molecular weight excluding hydrogens is 202 g/mol. The Hall–Kier alpha value is -1.16. The van der Waals surface area contributed by atoms with Crippen LogP contribution >= 0.6 is 0 Å². The van der Waals surface area contributed by atoms with Crippen LogP contribution in [0.5, 0.6) is 0 Å². The van der Waals surface area contributed by atoms with E-state index >= 15 is 0 Å². The first-order valence-corrected chi connectivity index (χ1v) is 5.77. The molecule has 1 aromatic rings. The van der Waals surface area contributed by atoms with E-state index < -0.39 is 0 Å². The molecule has 1 atom stereocenters. The number of nitrogens with zero attached hydrogens (tertiary/aromatic N) is 2. The summed E-state index contributed by atoms with van der Waals surface area (Å²) in [6, 6.07) is 1.64. The van der Waals surface area contributed by atoms with Crippen molar-refractivity contribution in [3.05, 3.63) is 27.9 Å². The van der Waals surface area contributed by atoms with Crippen LogP contribution in [0, 0.1) is 6.92 Å². The Balaban J connectivity index is 2.38. The van der Waals surface area contributed by atoms with Gasteiger partial charge in [0, 0.05) is 18.0 Å². The summed E-state index contributed by atoms with van der Waals surface area (Å²) in [4.78, 5) is 21.0. The maximum Gasteiger partial charge on any atom is 0.251 e. The van der Waals surface area contributed by atoms with Gasteiger partial charge in [0.25, 0.3) is 5.56 Å². The third-order valence-corrected chi connectivity index (χ3v) is 3.37. The van der Waals surface area contributed by atoms with Gasteiger partial charge in [-0.05, 0) is 33.4 Å². The van der Waals surface area contributed by atoms with Gasteiger partial charge in [-0.3, -0.25) is 4.79 Å². The minimum absolute atomic E-state index is 0.0199. The molecule has 1 aliphatic heterocycles. The Kier molecular flexibility index (Phi) is 2.84. The lowest BCUT2D eigenvalue weighted by Crippen LogP contribution is -2.43. The molecule has 0 radical (unpaired) electrons. The summed E-state index contributed by atoms with van der Waals surface area (Å²) in [5, 5.41) is 0. The number of rotatable bonds is 1. The van der Waals surface area contributed by atoms with Crippen LogP contribution in [0.1, 0.15) is 31.3 Å². The molecule has 0 unspecified atom stereocenters. The molecule has 0 spiro atoms. The topological polar surface area (TPSA) is 49.0 Å². The van der Waals surface area contributed by atoms with Gasteiger partial charge in [-0.2, -0.15) is 0 Å². The minimum Gasteiger partial charge on any atom is -0.311 e. The standard InChI is InChI=1S/C12H19N3O/c1-9-13-10(7-11(16)14-9)12(2)5-4-6-15(3)8-12/h7H,4-6,8H2,1-3H3,(H,13,14,16)/t12-/m1/s1. The molecule has 1 fully saturated rings. The van der Waals surface area contributed by atoms with E-state index in [4.69, 9.17) is 0 Å². The molecule has 2 heterocycles. The summed E-state index contributed by atoms with van der Waals surface area (Å²) in [6.45, 7) is 6.14. The molecule has 16 heavy (non-hydrogen) atoms. The van der Waals surface area contributed by atoms with Gasteiger partial charge in [-0.1, -0.05) is 6.92 Å². The molecule has 0 amide bonds. The van der Waals surface area contributed by atoms with Crippen molar-refractivity contribution in [3.63, 3.8) is 0 Å². The number of aromatic amines is 1. The predicted molar refractivity (Wildman–Crippen MR) is 63.7 cm³/mol. The van der Waals surface area contributed by atoms with Crippen molar-refractivity contribution in [3.8, 4) is 0 Å². The number of aromatic nitrogens is 2. The quantitative estimate of drug-likeness (QED) is 0.771. The first-order valence-electron chi connectivity index (χ1n) is 5.77. The van der Waals surface area contributed by atoms with E-state index in [1.54, 1.807) is 6.07 Å². The lowest BCUT2D eigenvalue weighted by molar-refractivity contribution is 0.184. The van der Waals surface area contributed by atoms with Crippen LogP contribution in [-0.2, 0) is 5.41 Å². The highest BCUT2D eigenvalue weighted by Gasteiger charge is 2.32. The van der Waals surface area contributed by atoms with Gasteiger partial charge in [0.1, 0.15) is 5.82 Å². The van der Waals surface area contributed by atoms with Gasteiger partial charge in [0.2, 0.25) is 0 Å². The molecule has 88 valence electrons. The van der Waals surface area contributed by atoms with E-state index in [2.05, 4.69) is 28.8 Å². The Bertz CT molecular complexity index is 440. The van der Waals surface area contributed by atoms with Crippen molar-refractivity contribution in [2.45, 2.75) is 32.1 Å². The second-order valence-electron chi connectivity index (χ2n) is 5.12. The average Bonchev–Trinajstić information content (AvgIpc) is 2.15. The molecule has 1 aliphatic rings. The number of likely N-dealkylation sites (N-methyl/N-ethyl adjacent to an activating group) is 1. The maximum atomic E-state index is 11.5. The number of nitrogens with one attached hydrogen (secondary N) is 1. The van der Waals surface area contributed by atoms with E-state index in [9.17, 15) is 4.79 Å². The van der Waals surface area contributed by atoms with Crippen molar-refractivity contribution in [1.82, 2.24) is 14.9 Å². The lowest BCUT2D eigenvalue weighted by Gasteiger charge is -2.38. The third kappa shape index (κ3) is 2.16. The van der Waals surface area contributed by atoms with Gasteiger partial charge in [0.15, 0.2) is 0 Å². The van der Waals surface area contributed by atoms with Crippen LogP contribution in [0.25, 0.3) is 0 Å². The number of piperidine rings is 1. The highest BCUT2D eigenvalue weighted by Crippen LogP contribution is 2.31. The zero-order chi connectivity index (χ0) is 11.8. The Morgan fingerprint density at radius 2 is 2.31 bits per heavy atom. The van der Waals surface area contributed by atoms with Crippen LogP contribution in [0.2, 0.25) is 0 Å². The zero-order valence-electron chi connectivity index (χ0n) is 10.2. The Morgan fingerprint density at radius 1 is 1.56 bits per heavy atom. The summed E-state index contributed by atoms with van der Waals surface area (Å²) in [5.41, 5.74) is 0.906. The molecule has 1 aromatic heterocycles. The monoisotopic (exact) mass is 221 g/mol. The molecule has 0 bridgehead atoms. The fraction of sp³-hybridized carbons (Fsp3) is 0.667. The summed E-state index contributed by atoms with van der Waals surface area (Å²) in [6.07, 6.45) is 2.27. The van der Waals surface area contributed by atoms with E-state index in [-0.39, 0.29) is 11.0 Å². The largest absolute Gasteiger partial charge is 0.311 e. The summed E-state index contributed by atoms with van der Waals surface area (Å²) < 4.78 is 0. The fourth-order valence-electron chi connectivity index (χ4n) is 2.59. The molecule has 2 rings (SSSR count). The van der Waals surface area contributed by atoms with Crippen molar-refractivity contribution < 1.29 is 0 Å². The van der Waals surface area contributed by atoms with E-state index in [1.807, 2.05) is 6.92 Å². The first kappa shape index (κ1) is 11.3. The maximum absolute atomic E-state index is 11.5. The summed E-state index contributed by atoms with van der Waals surface area (Å²) >= 11 is 0. The number of aryl methyl sites for hydroxylation is 1. The first-order chi connectivity index (χ1) is 7.49. The van der Waals surface area contributed by atoms with E-state index in [0.717, 1.165) is 25.2 Å². The molecular formula is C12H19N3O. The van der Waals surface area contributed by atoms with Crippen LogP contribution in [0.15, 0.2) is 10.9 Å². The number of hydrogen-bond acceptors (Lipinski definition) is 3. The fourth-order valence-corrected chi connectivity index (χ4v) is 2.59. The number of hydrogen-bond donors (Lipinski definition) is 1. The van der Waals surface area contributed by atoms with Crippen LogP contribution in [0.3, 0.4) is 0 Å². The zero-order valence-corrected chi connectivity index (χ0v) is 10.2. The Morgan fingerprint density at radius 3 is 2.94 bits per heavy atom. The van der Waals surface area contributed by atoms with Gasteiger partial charge in [0.05, 0.1) is 5.69 Å². The number of H-pyrrole nitrogens is 1. The SMILES string of the molecule is Cc1nc([C@]2(C)CCCN(C)C2)cc(=O)[nH]1. The van der Waals surface area contributed by atoms with Gasteiger partial charge >= 0.3 is 0 Å². The Labute approximate surface area is 95.7 Å². The smallest absolute Gasteiger partial charge is 0.251 e. The van der Waals surface area contributed by atoms with Crippen molar-refractivity contribution >= 4 is 0 Å². The van der Waals surface area contributed by atoms with Crippen molar-refractivity contribution in [2.75, 3.05) is 20.1 Å². The second-order valence-corrected chi connectivity index (χ2v) is 5.12. The van der Waals surface area contributed by atoms with Crippen LogP contribution in [-0.4, -0.2) is 35.0 Å². The molecule has 1 saturated heterocycles. The lowest BCUT2D eigenvalue weighted by atomic mass is 9.79. The van der Waals surface area contributed by atoms with Crippen LogP contribution in [0.4, 0.5) is 0 Å². The average molecular weight is 221 g/mol. The summed E-state index contributed by atoms with van der Waals surface area (Å²) in [7, 11) is 2.12. The number of likely N-dealkylation sites (tertiary alicyclic amines) is 1. The predicted octanol–water partition coefficient (Wildman–Crippen LogP) is 1.06.